The Labute approximate surface area is 201 Å². The van der Waals surface area contributed by atoms with Gasteiger partial charge in [-0.25, -0.2) is 4.98 Å². The van der Waals surface area contributed by atoms with Crippen LogP contribution in [-0.4, -0.2) is 52.7 Å². The van der Waals surface area contributed by atoms with Crippen LogP contribution in [0.15, 0.2) is 24.3 Å². The molecule has 4 aromatic rings. The van der Waals surface area contributed by atoms with E-state index < -0.39 is 0 Å². The number of non-ortho nitro benzene ring substituents is 1. The molecule has 34 heavy (non-hydrogen) atoms. The number of nitrogens with one attached hydrogen (secondary N) is 1. The van der Waals surface area contributed by atoms with Gasteiger partial charge in [-0.3, -0.25) is 10.1 Å². The summed E-state index contributed by atoms with van der Waals surface area (Å²) in [6, 6.07) is 7.11. The minimum atomic E-state index is -0.378. The molecule has 1 fully saturated rings. The molecule has 4 heterocycles. The van der Waals surface area contributed by atoms with Crippen LogP contribution in [0.25, 0.3) is 20.4 Å². The van der Waals surface area contributed by atoms with Crippen LogP contribution in [0, 0.1) is 24.0 Å². The Hall–Kier alpha value is -3.37. The molecule has 0 aliphatic carbocycles. The first kappa shape index (κ1) is 22.4. The molecule has 3 aromatic heterocycles. The number of pyridine rings is 1. The Balaban J connectivity index is 1.65. The van der Waals surface area contributed by atoms with E-state index in [0.29, 0.717) is 19.0 Å². The van der Waals surface area contributed by atoms with Gasteiger partial charge in [-0.05, 0) is 43.9 Å². The molecule has 0 saturated carbocycles. The molecule has 5 rings (SSSR count). The van der Waals surface area contributed by atoms with E-state index in [4.69, 9.17) is 19.7 Å². The van der Waals surface area contributed by atoms with Gasteiger partial charge in [0.15, 0.2) is 5.82 Å². The van der Waals surface area contributed by atoms with Gasteiger partial charge >= 0.3 is 6.01 Å². The summed E-state index contributed by atoms with van der Waals surface area (Å²) in [5.41, 5.74) is 5.17. The van der Waals surface area contributed by atoms with Gasteiger partial charge in [0.05, 0.1) is 16.2 Å². The number of benzene rings is 1. The van der Waals surface area contributed by atoms with Gasteiger partial charge < -0.3 is 15.0 Å². The summed E-state index contributed by atoms with van der Waals surface area (Å²) in [7, 11) is 0. The van der Waals surface area contributed by atoms with Crippen LogP contribution < -0.4 is 15.0 Å². The first-order valence-electron chi connectivity index (χ1n) is 11.4. The van der Waals surface area contributed by atoms with Crippen molar-refractivity contribution in [1.29, 1.82) is 0 Å². The maximum absolute atomic E-state index is 11.0. The molecule has 1 N–H and O–H groups in total. The Morgan fingerprint density at radius 1 is 1.15 bits per heavy atom. The van der Waals surface area contributed by atoms with E-state index in [-0.39, 0.29) is 10.6 Å². The first-order chi connectivity index (χ1) is 16.5. The highest BCUT2D eigenvalue weighted by Gasteiger charge is 2.23. The molecule has 0 unspecified atom stereocenters. The van der Waals surface area contributed by atoms with Gasteiger partial charge in [0, 0.05) is 49.4 Å². The van der Waals surface area contributed by atoms with Gasteiger partial charge in [-0.2, -0.15) is 9.97 Å². The van der Waals surface area contributed by atoms with Crippen molar-refractivity contribution in [2.24, 2.45) is 0 Å². The molecule has 176 valence electrons. The Morgan fingerprint density at radius 2 is 1.88 bits per heavy atom. The van der Waals surface area contributed by atoms with Crippen LogP contribution in [-0.2, 0) is 6.42 Å². The fourth-order valence-corrected chi connectivity index (χ4v) is 5.71. The van der Waals surface area contributed by atoms with E-state index in [1.807, 2.05) is 26.0 Å². The molecule has 0 bridgehead atoms. The fraction of sp³-hybridized carbons (Fsp3) is 0.375. The number of aromatic nitrogens is 3. The summed E-state index contributed by atoms with van der Waals surface area (Å²) in [5, 5.41) is 15.4. The van der Waals surface area contributed by atoms with Crippen LogP contribution in [0.4, 0.5) is 11.5 Å². The number of aryl methyl sites for hydroxylation is 2. The monoisotopic (exact) mass is 478 g/mol. The zero-order chi connectivity index (χ0) is 23.8. The number of rotatable bonds is 6. The second-order valence-corrected chi connectivity index (χ2v) is 9.36. The summed E-state index contributed by atoms with van der Waals surface area (Å²) in [6.45, 7) is 10.1. The lowest BCUT2D eigenvalue weighted by atomic mass is 9.97. The van der Waals surface area contributed by atoms with E-state index >= 15 is 0 Å². The lowest BCUT2D eigenvalue weighted by Gasteiger charge is -2.28. The second kappa shape index (κ2) is 9.11. The molecule has 1 saturated heterocycles. The number of piperazine rings is 1. The van der Waals surface area contributed by atoms with E-state index in [1.165, 1.54) is 0 Å². The molecular weight excluding hydrogens is 452 g/mol. The van der Waals surface area contributed by atoms with Gasteiger partial charge in [0.1, 0.15) is 10.3 Å². The number of thiophene rings is 1. The van der Waals surface area contributed by atoms with Gasteiger partial charge in [-0.15, -0.1) is 11.3 Å². The summed E-state index contributed by atoms with van der Waals surface area (Å²) in [4.78, 5) is 28.4. The molecule has 10 heteroatoms. The number of fused-ring (bicyclic) bond motifs is 3. The number of hydrogen-bond acceptors (Lipinski definition) is 9. The van der Waals surface area contributed by atoms with Crippen LogP contribution in [0.1, 0.15) is 29.3 Å². The zero-order valence-corrected chi connectivity index (χ0v) is 20.2. The molecule has 0 atom stereocenters. The van der Waals surface area contributed by atoms with Crippen molar-refractivity contribution in [1.82, 2.24) is 20.3 Å². The lowest BCUT2D eigenvalue weighted by molar-refractivity contribution is -0.384. The van der Waals surface area contributed by atoms with Gasteiger partial charge in [0.25, 0.3) is 5.69 Å². The maximum Gasteiger partial charge on any atom is 0.319 e. The molecular formula is C24H26N6O3S. The number of nitro benzene ring substituents is 1. The summed E-state index contributed by atoms with van der Waals surface area (Å²) in [6.07, 6.45) is 0.643. The molecule has 0 amide bonds. The number of ether oxygens (including phenoxy) is 1. The summed E-state index contributed by atoms with van der Waals surface area (Å²) >= 11 is 1.63. The standard InChI is InChI=1S/C24H26N6O3S/c1-4-33-24-27-20-19-14(2)18(13-16-5-7-17(8-6-16)30(31)32)15(3)26-23(19)34-21(20)22(28-24)29-11-9-25-10-12-29/h5-8,25H,4,9-13H2,1-3H3. The highest BCUT2D eigenvalue weighted by molar-refractivity contribution is 7.26. The van der Waals surface area contributed by atoms with Crippen LogP contribution in [0.5, 0.6) is 6.01 Å². The minimum Gasteiger partial charge on any atom is -0.464 e. The van der Waals surface area contributed by atoms with Crippen LogP contribution in [0.3, 0.4) is 0 Å². The summed E-state index contributed by atoms with van der Waals surface area (Å²) < 4.78 is 6.78. The Morgan fingerprint density at radius 3 is 2.56 bits per heavy atom. The molecule has 1 aliphatic rings. The first-order valence-corrected chi connectivity index (χ1v) is 12.2. The van der Waals surface area contributed by atoms with Crippen molar-refractivity contribution in [3.05, 3.63) is 56.8 Å². The lowest BCUT2D eigenvalue weighted by Crippen LogP contribution is -2.44. The fourth-order valence-electron chi connectivity index (χ4n) is 4.47. The van der Waals surface area contributed by atoms with Crippen molar-refractivity contribution in [3.8, 4) is 6.01 Å². The van der Waals surface area contributed by atoms with Crippen molar-refractivity contribution < 1.29 is 9.66 Å². The predicted octanol–water partition coefficient (Wildman–Crippen LogP) is 4.16. The third-order valence-corrected chi connectivity index (χ3v) is 7.30. The van der Waals surface area contributed by atoms with Crippen molar-refractivity contribution in [2.75, 3.05) is 37.7 Å². The minimum absolute atomic E-state index is 0.0928. The Kier molecular flexibility index (Phi) is 6.01. The molecule has 1 aliphatic heterocycles. The van der Waals surface area contributed by atoms with E-state index in [1.54, 1.807) is 23.5 Å². The quantitative estimate of drug-likeness (QED) is 0.325. The number of anilines is 1. The van der Waals surface area contributed by atoms with E-state index in [9.17, 15) is 10.1 Å². The average Bonchev–Trinajstić information content (AvgIpc) is 3.20. The maximum atomic E-state index is 11.0. The highest BCUT2D eigenvalue weighted by Crippen LogP contribution is 2.41. The van der Waals surface area contributed by atoms with Crippen molar-refractivity contribution in [3.63, 3.8) is 0 Å². The summed E-state index contributed by atoms with van der Waals surface area (Å²) in [5.74, 6) is 0.909. The number of nitrogens with zero attached hydrogens (tertiary/aromatic N) is 5. The predicted molar refractivity (Wildman–Crippen MR) is 134 cm³/mol. The average molecular weight is 479 g/mol. The molecule has 0 spiro atoms. The third kappa shape index (κ3) is 4.03. The zero-order valence-electron chi connectivity index (χ0n) is 19.4. The third-order valence-electron chi connectivity index (χ3n) is 6.23. The number of hydrogen-bond donors (Lipinski definition) is 1. The van der Waals surface area contributed by atoms with Crippen LogP contribution in [0.2, 0.25) is 0 Å². The van der Waals surface area contributed by atoms with E-state index in [0.717, 1.165) is 74.8 Å². The smallest absolute Gasteiger partial charge is 0.319 e. The Bertz CT molecular complexity index is 1380. The number of nitro groups is 1. The topological polar surface area (TPSA) is 106 Å². The second-order valence-electron chi connectivity index (χ2n) is 8.36. The molecule has 0 radical (unpaired) electrons. The molecule has 1 aromatic carbocycles. The largest absolute Gasteiger partial charge is 0.464 e. The van der Waals surface area contributed by atoms with Gasteiger partial charge in [-0.1, -0.05) is 12.1 Å². The van der Waals surface area contributed by atoms with Crippen molar-refractivity contribution in [2.45, 2.75) is 27.2 Å². The van der Waals surface area contributed by atoms with E-state index in [2.05, 4.69) is 17.1 Å². The van der Waals surface area contributed by atoms with Crippen molar-refractivity contribution >= 4 is 43.3 Å². The molecule has 9 nitrogen and oxygen atoms in total. The highest BCUT2D eigenvalue weighted by atomic mass is 32.1. The van der Waals surface area contributed by atoms with Gasteiger partial charge in [0.2, 0.25) is 0 Å². The SMILES string of the molecule is CCOc1nc(N2CCNCC2)c2sc3nc(C)c(Cc4ccc([N+](=O)[O-])cc4)c(C)c3c2n1. The normalized spacial score (nSPS) is 14.1. The van der Waals surface area contributed by atoms with Crippen LogP contribution >= 0.6 is 11.3 Å².